The number of hydrogen-bond donors (Lipinski definition) is 2. The van der Waals surface area contributed by atoms with Crippen LogP contribution >= 0.6 is 0 Å². The van der Waals surface area contributed by atoms with Crippen LogP contribution in [-0.4, -0.2) is 9.97 Å². The van der Waals surface area contributed by atoms with E-state index >= 15 is 0 Å². The summed E-state index contributed by atoms with van der Waals surface area (Å²) in [6.45, 7) is 2.08. The number of nitrogen functional groups attached to an aromatic ring is 1. The van der Waals surface area contributed by atoms with E-state index in [1.807, 2.05) is 6.07 Å². The molecule has 3 nitrogen and oxygen atoms in total. The van der Waals surface area contributed by atoms with Gasteiger partial charge in [0.1, 0.15) is 5.82 Å². The van der Waals surface area contributed by atoms with Gasteiger partial charge in [-0.3, -0.25) is 0 Å². The lowest BCUT2D eigenvalue weighted by atomic mass is 10.1. The second-order valence-corrected chi connectivity index (χ2v) is 3.74. The fraction of sp³-hybridized carbons (Fsp3) is 0.0833. The monoisotopic (exact) mass is 197 g/mol. The van der Waals surface area contributed by atoms with E-state index in [1.54, 1.807) is 6.20 Å². The van der Waals surface area contributed by atoms with Crippen molar-refractivity contribution in [2.45, 2.75) is 6.92 Å². The molecule has 0 amide bonds. The first kappa shape index (κ1) is 8.29. The molecule has 2 aromatic heterocycles. The molecule has 0 spiro atoms. The van der Waals surface area contributed by atoms with Gasteiger partial charge in [0.2, 0.25) is 0 Å². The van der Waals surface area contributed by atoms with Gasteiger partial charge < -0.3 is 10.7 Å². The molecule has 0 aliphatic rings. The Bertz CT molecular complexity index is 596. The summed E-state index contributed by atoms with van der Waals surface area (Å²) >= 11 is 0. The Morgan fingerprint density at radius 2 is 1.93 bits per heavy atom. The molecule has 3 aromatic rings. The highest BCUT2D eigenvalue weighted by Crippen LogP contribution is 2.28. The van der Waals surface area contributed by atoms with Crippen LogP contribution in [0.25, 0.3) is 21.8 Å². The molecule has 3 N–H and O–H groups in total. The number of nitrogens with one attached hydrogen (secondary N) is 1. The van der Waals surface area contributed by atoms with Crippen LogP contribution < -0.4 is 5.73 Å². The Labute approximate surface area is 86.9 Å². The fourth-order valence-electron chi connectivity index (χ4n) is 2.02. The third kappa shape index (κ3) is 1.03. The van der Waals surface area contributed by atoms with Crippen molar-refractivity contribution in [3.63, 3.8) is 0 Å². The number of para-hydroxylation sites is 1. The minimum atomic E-state index is 0.558. The highest BCUT2D eigenvalue weighted by atomic mass is 14.9. The zero-order valence-electron chi connectivity index (χ0n) is 8.41. The number of benzene rings is 1. The number of hydrogen-bond acceptors (Lipinski definition) is 2. The summed E-state index contributed by atoms with van der Waals surface area (Å²) in [5.41, 5.74) is 9.13. The minimum absolute atomic E-state index is 0.558. The number of pyridine rings is 1. The van der Waals surface area contributed by atoms with Crippen molar-refractivity contribution in [2.75, 3.05) is 5.73 Å². The molecule has 3 heteroatoms. The summed E-state index contributed by atoms with van der Waals surface area (Å²) in [4.78, 5) is 7.41. The van der Waals surface area contributed by atoms with Gasteiger partial charge in [0, 0.05) is 22.5 Å². The van der Waals surface area contributed by atoms with Gasteiger partial charge in [0.05, 0.1) is 5.52 Å². The molecule has 74 valence electrons. The van der Waals surface area contributed by atoms with Gasteiger partial charge in [-0.05, 0) is 18.6 Å². The molecule has 0 aliphatic heterocycles. The van der Waals surface area contributed by atoms with Crippen molar-refractivity contribution in [3.8, 4) is 0 Å². The summed E-state index contributed by atoms with van der Waals surface area (Å²) < 4.78 is 0. The van der Waals surface area contributed by atoms with Crippen LogP contribution in [0.2, 0.25) is 0 Å². The van der Waals surface area contributed by atoms with E-state index in [2.05, 4.69) is 35.1 Å². The van der Waals surface area contributed by atoms with E-state index in [1.165, 1.54) is 10.9 Å². The zero-order chi connectivity index (χ0) is 10.4. The van der Waals surface area contributed by atoms with Crippen LogP contribution in [0.15, 0.2) is 30.5 Å². The number of nitrogens with zero attached hydrogens (tertiary/aromatic N) is 1. The van der Waals surface area contributed by atoms with Gasteiger partial charge in [-0.25, -0.2) is 4.98 Å². The average Bonchev–Trinajstić information content (AvgIpc) is 2.60. The van der Waals surface area contributed by atoms with Crippen molar-refractivity contribution in [1.82, 2.24) is 9.97 Å². The topological polar surface area (TPSA) is 54.7 Å². The van der Waals surface area contributed by atoms with Crippen LogP contribution in [-0.2, 0) is 0 Å². The zero-order valence-corrected chi connectivity index (χ0v) is 8.41. The predicted molar refractivity (Wildman–Crippen MR) is 62.7 cm³/mol. The first-order chi connectivity index (χ1) is 7.27. The van der Waals surface area contributed by atoms with Gasteiger partial charge in [-0.15, -0.1) is 0 Å². The second-order valence-electron chi connectivity index (χ2n) is 3.74. The highest BCUT2D eigenvalue weighted by Gasteiger charge is 2.07. The number of aryl methyl sites for hydroxylation is 1. The summed E-state index contributed by atoms with van der Waals surface area (Å²) in [6, 6.07) is 8.23. The molecule has 0 aliphatic carbocycles. The van der Waals surface area contributed by atoms with Gasteiger partial charge in [0.15, 0.2) is 0 Å². The number of nitrogens with two attached hydrogens (primary N) is 1. The molecule has 15 heavy (non-hydrogen) atoms. The Morgan fingerprint density at radius 1 is 1.13 bits per heavy atom. The molecule has 0 fully saturated rings. The predicted octanol–water partition coefficient (Wildman–Crippen LogP) is 2.61. The van der Waals surface area contributed by atoms with Crippen LogP contribution in [0, 0.1) is 6.92 Å². The maximum absolute atomic E-state index is 5.83. The molecular weight excluding hydrogens is 186 g/mol. The quantitative estimate of drug-likeness (QED) is 0.582. The maximum Gasteiger partial charge on any atom is 0.147 e. The summed E-state index contributed by atoms with van der Waals surface area (Å²) in [7, 11) is 0. The summed E-state index contributed by atoms with van der Waals surface area (Å²) in [5, 5.41) is 2.35. The molecule has 0 atom stereocenters. The van der Waals surface area contributed by atoms with E-state index in [9.17, 15) is 0 Å². The molecule has 2 heterocycles. The molecule has 0 bridgehead atoms. The van der Waals surface area contributed by atoms with Gasteiger partial charge >= 0.3 is 0 Å². The number of fused-ring (bicyclic) bond motifs is 3. The molecule has 3 rings (SSSR count). The lowest BCUT2D eigenvalue weighted by Crippen LogP contribution is -1.89. The number of H-pyrrole nitrogens is 1. The first-order valence-electron chi connectivity index (χ1n) is 4.89. The minimum Gasteiger partial charge on any atom is -0.382 e. The van der Waals surface area contributed by atoms with Crippen LogP contribution in [0.5, 0.6) is 0 Å². The number of rotatable bonds is 0. The Hall–Kier alpha value is -2.03. The van der Waals surface area contributed by atoms with Crippen LogP contribution in [0.1, 0.15) is 5.56 Å². The molecule has 0 radical (unpaired) electrons. The number of aromatic amines is 1. The van der Waals surface area contributed by atoms with E-state index in [4.69, 9.17) is 5.73 Å². The van der Waals surface area contributed by atoms with Crippen LogP contribution in [0.4, 0.5) is 5.82 Å². The van der Waals surface area contributed by atoms with Crippen molar-refractivity contribution in [3.05, 3.63) is 36.0 Å². The standard InChI is InChI=1S/C12H11N3/c1-7-3-2-4-8-9-5-6-14-12(13)11(9)15-10(7)8/h2-6,15H,1H3,(H2,13,14). The molecular formula is C12H11N3. The smallest absolute Gasteiger partial charge is 0.147 e. The van der Waals surface area contributed by atoms with E-state index in [0.29, 0.717) is 5.82 Å². The second kappa shape index (κ2) is 2.73. The van der Waals surface area contributed by atoms with Crippen LogP contribution in [0.3, 0.4) is 0 Å². The van der Waals surface area contributed by atoms with Crippen molar-refractivity contribution in [1.29, 1.82) is 0 Å². The molecule has 0 unspecified atom stereocenters. The number of aromatic nitrogens is 2. The molecule has 0 saturated carbocycles. The third-order valence-corrected chi connectivity index (χ3v) is 2.79. The van der Waals surface area contributed by atoms with Gasteiger partial charge in [-0.1, -0.05) is 18.2 Å². The SMILES string of the molecule is Cc1cccc2c1[nH]c1c(N)nccc12. The van der Waals surface area contributed by atoms with Gasteiger partial charge in [0.25, 0.3) is 0 Å². The maximum atomic E-state index is 5.83. The number of anilines is 1. The lowest BCUT2D eigenvalue weighted by molar-refractivity contribution is 1.35. The highest BCUT2D eigenvalue weighted by molar-refractivity contribution is 6.10. The normalized spacial score (nSPS) is 11.3. The lowest BCUT2D eigenvalue weighted by Gasteiger charge is -1.93. The Morgan fingerprint density at radius 3 is 2.80 bits per heavy atom. The van der Waals surface area contributed by atoms with E-state index < -0.39 is 0 Å². The first-order valence-corrected chi connectivity index (χ1v) is 4.89. The van der Waals surface area contributed by atoms with E-state index in [0.717, 1.165) is 16.4 Å². The van der Waals surface area contributed by atoms with E-state index in [-0.39, 0.29) is 0 Å². The van der Waals surface area contributed by atoms with Crippen molar-refractivity contribution < 1.29 is 0 Å². The molecule has 1 aromatic carbocycles. The average molecular weight is 197 g/mol. The third-order valence-electron chi connectivity index (χ3n) is 2.79. The summed E-state index contributed by atoms with van der Waals surface area (Å²) in [6.07, 6.45) is 1.74. The molecule has 0 saturated heterocycles. The van der Waals surface area contributed by atoms with Gasteiger partial charge in [-0.2, -0.15) is 0 Å². The Balaban J connectivity index is 2.63. The summed E-state index contributed by atoms with van der Waals surface area (Å²) in [5.74, 6) is 0.558. The largest absolute Gasteiger partial charge is 0.382 e. The van der Waals surface area contributed by atoms with Crippen molar-refractivity contribution in [2.24, 2.45) is 0 Å². The van der Waals surface area contributed by atoms with Crippen molar-refractivity contribution >= 4 is 27.6 Å². The fourth-order valence-corrected chi connectivity index (χ4v) is 2.02. The Kier molecular flexibility index (Phi) is 1.51.